The fourth-order valence-electron chi connectivity index (χ4n) is 2.50. The molecule has 0 aliphatic carbocycles. The maximum atomic E-state index is 6.01. The van der Waals surface area contributed by atoms with Gasteiger partial charge in [0.05, 0.1) is 0 Å². The first-order valence-corrected chi connectivity index (χ1v) is 7.00. The lowest BCUT2D eigenvalue weighted by molar-refractivity contribution is -0.0784. The van der Waals surface area contributed by atoms with Gasteiger partial charge in [0.15, 0.2) is 0 Å². The van der Waals surface area contributed by atoms with E-state index in [2.05, 4.69) is 36.4 Å². The van der Waals surface area contributed by atoms with E-state index in [1.807, 2.05) is 31.2 Å². The molecule has 102 valence electrons. The number of ether oxygens (including phenoxy) is 2. The third-order valence-electron chi connectivity index (χ3n) is 3.40. The summed E-state index contributed by atoms with van der Waals surface area (Å²) in [6.45, 7) is 2.65. The van der Waals surface area contributed by atoms with E-state index in [9.17, 15) is 0 Å². The SMILES string of the molecule is CCOC1CC(c2ccccc2)=C(c2ccccc2)O1. The second kappa shape index (κ2) is 5.93. The molecule has 1 heterocycles. The quantitative estimate of drug-likeness (QED) is 0.819. The maximum Gasteiger partial charge on any atom is 0.204 e. The van der Waals surface area contributed by atoms with Gasteiger partial charge in [0.25, 0.3) is 0 Å². The summed E-state index contributed by atoms with van der Waals surface area (Å²) in [7, 11) is 0. The molecule has 0 amide bonds. The summed E-state index contributed by atoms with van der Waals surface area (Å²) in [4.78, 5) is 0. The zero-order valence-electron chi connectivity index (χ0n) is 11.6. The Morgan fingerprint density at radius 2 is 1.55 bits per heavy atom. The van der Waals surface area contributed by atoms with Gasteiger partial charge in [-0.15, -0.1) is 0 Å². The topological polar surface area (TPSA) is 18.5 Å². The second-order valence-corrected chi connectivity index (χ2v) is 4.75. The summed E-state index contributed by atoms with van der Waals surface area (Å²) in [5, 5.41) is 0. The highest BCUT2D eigenvalue weighted by atomic mass is 16.7. The van der Waals surface area contributed by atoms with Crippen LogP contribution in [0.2, 0.25) is 0 Å². The summed E-state index contributed by atoms with van der Waals surface area (Å²) in [6, 6.07) is 20.6. The Balaban J connectivity index is 2.00. The Morgan fingerprint density at radius 3 is 2.15 bits per heavy atom. The number of rotatable bonds is 4. The molecule has 1 atom stereocenters. The predicted molar refractivity (Wildman–Crippen MR) is 80.8 cm³/mol. The number of hydrogen-bond acceptors (Lipinski definition) is 2. The first kappa shape index (κ1) is 12.9. The molecule has 1 aliphatic heterocycles. The van der Waals surface area contributed by atoms with E-state index in [1.165, 1.54) is 11.1 Å². The van der Waals surface area contributed by atoms with Crippen LogP contribution in [-0.2, 0) is 9.47 Å². The van der Waals surface area contributed by atoms with Gasteiger partial charge in [0.1, 0.15) is 5.76 Å². The highest BCUT2D eigenvalue weighted by Crippen LogP contribution is 2.38. The van der Waals surface area contributed by atoms with Crippen LogP contribution >= 0.6 is 0 Å². The summed E-state index contributed by atoms with van der Waals surface area (Å²) >= 11 is 0. The average Bonchev–Trinajstić information content (AvgIpc) is 2.93. The summed E-state index contributed by atoms with van der Waals surface area (Å²) < 4.78 is 11.7. The molecule has 2 nitrogen and oxygen atoms in total. The van der Waals surface area contributed by atoms with Crippen LogP contribution < -0.4 is 0 Å². The van der Waals surface area contributed by atoms with Gasteiger partial charge < -0.3 is 9.47 Å². The molecule has 20 heavy (non-hydrogen) atoms. The van der Waals surface area contributed by atoms with Crippen molar-refractivity contribution in [1.29, 1.82) is 0 Å². The fourth-order valence-corrected chi connectivity index (χ4v) is 2.50. The van der Waals surface area contributed by atoms with Gasteiger partial charge in [-0.3, -0.25) is 0 Å². The Bertz CT molecular complexity index is 536. The van der Waals surface area contributed by atoms with Gasteiger partial charge in [-0.2, -0.15) is 0 Å². The summed E-state index contributed by atoms with van der Waals surface area (Å²) in [5.41, 5.74) is 3.53. The lowest BCUT2D eigenvalue weighted by atomic mass is 10.00. The van der Waals surface area contributed by atoms with E-state index < -0.39 is 0 Å². The standard InChI is InChI=1S/C18H18O2/c1-2-19-17-13-16(14-9-5-3-6-10-14)18(20-17)15-11-7-4-8-12-15/h3-12,17H,2,13H2,1H3. The molecule has 0 bridgehead atoms. The largest absolute Gasteiger partial charge is 0.464 e. The van der Waals surface area contributed by atoms with Gasteiger partial charge >= 0.3 is 0 Å². The zero-order valence-corrected chi connectivity index (χ0v) is 11.6. The molecule has 3 rings (SSSR count). The Kier molecular flexibility index (Phi) is 3.84. The van der Waals surface area contributed by atoms with Crippen LogP contribution in [0.3, 0.4) is 0 Å². The van der Waals surface area contributed by atoms with Gasteiger partial charge in [-0.25, -0.2) is 0 Å². The van der Waals surface area contributed by atoms with Gasteiger partial charge in [-0.1, -0.05) is 60.7 Å². The third-order valence-corrected chi connectivity index (χ3v) is 3.40. The van der Waals surface area contributed by atoms with Crippen molar-refractivity contribution in [3.63, 3.8) is 0 Å². The molecule has 0 radical (unpaired) electrons. The van der Waals surface area contributed by atoms with E-state index in [-0.39, 0.29) is 6.29 Å². The van der Waals surface area contributed by atoms with E-state index in [1.54, 1.807) is 0 Å². The molecular weight excluding hydrogens is 248 g/mol. The van der Waals surface area contributed by atoms with E-state index in [0.717, 1.165) is 17.7 Å². The molecule has 2 heteroatoms. The van der Waals surface area contributed by atoms with Crippen molar-refractivity contribution >= 4 is 11.3 Å². The van der Waals surface area contributed by atoms with Crippen LogP contribution in [0.4, 0.5) is 0 Å². The number of benzene rings is 2. The third kappa shape index (κ3) is 2.61. The fraction of sp³-hybridized carbons (Fsp3) is 0.222. The van der Waals surface area contributed by atoms with Crippen LogP contribution in [0.15, 0.2) is 60.7 Å². The lowest BCUT2D eigenvalue weighted by Gasteiger charge is -2.12. The first-order chi connectivity index (χ1) is 9.88. The van der Waals surface area contributed by atoms with Crippen molar-refractivity contribution in [2.45, 2.75) is 19.6 Å². The molecular formula is C18H18O2. The molecule has 2 aromatic carbocycles. The Labute approximate surface area is 119 Å². The second-order valence-electron chi connectivity index (χ2n) is 4.75. The highest BCUT2D eigenvalue weighted by molar-refractivity contribution is 5.89. The monoisotopic (exact) mass is 266 g/mol. The van der Waals surface area contributed by atoms with E-state index in [4.69, 9.17) is 9.47 Å². The molecule has 0 saturated carbocycles. The molecule has 2 aromatic rings. The maximum absolute atomic E-state index is 6.01. The zero-order chi connectivity index (χ0) is 13.8. The minimum atomic E-state index is -0.176. The van der Waals surface area contributed by atoms with Crippen molar-refractivity contribution < 1.29 is 9.47 Å². The van der Waals surface area contributed by atoms with Crippen LogP contribution in [-0.4, -0.2) is 12.9 Å². The molecule has 0 aromatic heterocycles. The summed E-state index contributed by atoms with van der Waals surface area (Å²) in [5.74, 6) is 0.940. The molecule has 0 fully saturated rings. The molecule has 0 saturated heterocycles. The minimum Gasteiger partial charge on any atom is -0.464 e. The van der Waals surface area contributed by atoms with Crippen LogP contribution in [0.5, 0.6) is 0 Å². The van der Waals surface area contributed by atoms with Crippen molar-refractivity contribution in [3.8, 4) is 0 Å². The first-order valence-electron chi connectivity index (χ1n) is 7.00. The summed E-state index contributed by atoms with van der Waals surface area (Å²) in [6.07, 6.45) is 0.618. The van der Waals surface area contributed by atoms with Crippen molar-refractivity contribution in [2.75, 3.05) is 6.61 Å². The normalized spacial score (nSPS) is 18.1. The van der Waals surface area contributed by atoms with Crippen LogP contribution in [0.1, 0.15) is 24.5 Å². The van der Waals surface area contributed by atoms with Crippen molar-refractivity contribution in [2.24, 2.45) is 0 Å². The van der Waals surface area contributed by atoms with Crippen molar-refractivity contribution in [1.82, 2.24) is 0 Å². The van der Waals surface area contributed by atoms with Crippen LogP contribution in [0.25, 0.3) is 11.3 Å². The molecule has 1 unspecified atom stereocenters. The number of hydrogen-bond donors (Lipinski definition) is 0. The molecule has 0 N–H and O–H groups in total. The van der Waals surface area contributed by atoms with Gasteiger partial charge in [-0.05, 0) is 12.5 Å². The Hall–Kier alpha value is -2.06. The van der Waals surface area contributed by atoms with E-state index >= 15 is 0 Å². The minimum absolute atomic E-state index is 0.176. The van der Waals surface area contributed by atoms with Gasteiger partial charge in [0.2, 0.25) is 6.29 Å². The Morgan fingerprint density at radius 1 is 0.950 bits per heavy atom. The predicted octanol–water partition coefficient (Wildman–Crippen LogP) is 4.34. The highest BCUT2D eigenvalue weighted by Gasteiger charge is 2.27. The van der Waals surface area contributed by atoms with E-state index in [0.29, 0.717) is 6.61 Å². The van der Waals surface area contributed by atoms with Gasteiger partial charge in [0, 0.05) is 24.2 Å². The molecule has 0 spiro atoms. The smallest absolute Gasteiger partial charge is 0.204 e. The van der Waals surface area contributed by atoms with Crippen molar-refractivity contribution in [3.05, 3.63) is 71.8 Å². The van der Waals surface area contributed by atoms with Crippen LogP contribution in [0, 0.1) is 0 Å². The average molecular weight is 266 g/mol. The lowest BCUT2D eigenvalue weighted by Crippen LogP contribution is -2.11. The molecule has 1 aliphatic rings.